The Kier molecular flexibility index (Phi) is 4.73. The van der Waals surface area contributed by atoms with Crippen LogP contribution in [-0.2, 0) is 9.59 Å². The highest BCUT2D eigenvalue weighted by Crippen LogP contribution is 2.61. The molecular weight excluding hydrogens is 356 g/mol. The van der Waals surface area contributed by atoms with Gasteiger partial charge in [-0.05, 0) is 18.4 Å². The minimum atomic E-state index is -1.75. The van der Waals surface area contributed by atoms with E-state index in [1.807, 2.05) is 6.08 Å². The van der Waals surface area contributed by atoms with Gasteiger partial charge in [0.15, 0.2) is 5.41 Å². The minimum Gasteiger partial charge on any atom is -0.343 e. The lowest BCUT2D eigenvalue weighted by Crippen LogP contribution is -2.64. The molecule has 3 rings (SSSR count). The molecule has 0 aromatic rings. The number of nitrogens with one attached hydrogen (secondary N) is 1. The zero-order valence-corrected chi connectivity index (χ0v) is 16.0. The summed E-state index contributed by atoms with van der Waals surface area (Å²) in [5, 5.41) is 38.5. The van der Waals surface area contributed by atoms with Gasteiger partial charge in [-0.15, -0.1) is 0 Å². The van der Waals surface area contributed by atoms with Crippen molar-refractivity contribution < 1.29 is 9.59 Å². The van der Waals surface area contributed by atoms with E-state index in [1.165, 1.54) is 13.8 Å². The molecule has 2 fully saturated rings. The summed E-state index contributed by atoms with van der Waals surface area (Å²) in [4.78, 5) is 27.1. The molecule has 0 radical (unpaired) electrons. The molecule has 2 aliphatic heterocycles. The third-order valence-corrected chi connectivity index (χ3v) is 6.80. The Morgan fingerprint density at radius 3 is 2.14 bits per heavy atom. The van der Waals surface area contributed by atoms with Gasteiger partial charge in [-0.1, -0.05) is 6.08 Å². The van der Waals surface area contributed by atoms with Crippen LogP contribution in [-0.4, -0.2) is 53.5 Å². The zero-order chi connectivity index (χ0) is 20.7. The predicted molar refractivity (Wildman–Crippen MR) is 98.2 cm³/mol. The van der Waals surface area contributed by atoms with E-state index in [9.17, 15) is 25.4 Å². The first-order valence-electron chi connectivity index (χ1n) is 9.30. The molecule has 3 aliphatic rings. The summed E-state index contributed by atoms with van der Waals surface area (Å²) in [5.74, 6) is -1.48. The van der Waals surface area contributed by atoms with Crippen molar-refractivity contribution in [1.82, 2.24) is 9.80 Å². The molecule has 8 heteroatoms. The Morgan fingerprint density at radius 2 is 1.68 bits per heavy atom. The van der Waals surface area contributed by atoms with Gasteiger partial charge in [0.1, 0.15) is 5.92 Å². The lowest BCUT2D eigenvalue weighted by atomic mass is 9.44. The summed E-state index contributed by atoms with van der Waals surface area (Å²) < 4.78 is 0. The molecule has 0 aromatic heterocycles. The van der Waals surface area contributed by atoms with Crippen molar-refractivity contribution in [2.75, 3.05) is 26.2 Å². The molecule has 2 heterocycles. The lowest BCUT2D eigenvalue weighted by Gasteiger charge is -2.58. The number of amides is 2. The van der Waals surface area contributed by atoms with Gasteiger partial charge in [0.25, 0.3) is 0 Å². The van der Waals surface area contributed by atoms with E-state index in [0.717, 1.165) is 5.57 Å². The van der Waals surface area contributed by atoms with Crippen LogP contribution in [0.25, 0.3) is 0 Å². The highest BCUT2D eigenvalue weighted by molar-refractivity contribution is 6.00. The van der Waals surface area contributed by atoms with Gasteiger partial charge in [-0.25, -0.2) is 0 Å². The maximum Gasteiger partial charge on any atom is 0.219 e. The fraction of sp³-hybridized carbons (Fsp3) is 0.600. The Morgan fingerprint density at radius 1 is 1.11 bits per heavy atom. The Hall–Kier alpha value is -3.18. The Labute approximate surface area is 164 Å². The summed E-state index contributed by atoms with van der Waals surface area (Å²) >= 11 is 0. The molecule has 8 nitrogen and oxygen atoms in total. The SMILES string of the molecule is CC(=O)N1CCC2(CC1)[C@H]1CN(C(C)=O)CC=C1[C@H](C#N)C(=N)C2(C#N)C#N. The van der Waals surface area contributed by atoms with Crippen molar-refractivity contribution in [2.24, 2.45) is 22.7 Å². The highest BCUT2D eigenvalue weighted by atomic mass is 16.2. The lowest BCUT2D eigenvalue weighted by molar-refractivity contribution is -0.133. The average molecular weight is 378 g/mol. The average Bonchev–Trinajstić information content (AvgIpc) is 2.69. The van der Waals surface area contributed by atoms with Gasteiger partial charge < -0.3 is 15.2 Å². The number of piperidine rings is 1. The first-order valence-corrected chi connectivity index (χ1v) is 9.30. The van der Waals surface area contributed by atoms with Crippen LogP contribution in [0.1, 0.15) is 26.7 Å². The van der Waals surface area contributed by atoms with Crippen LogP contribution in [0.3, 0.4) is 0 Å². The molecule has 2 atom stereocenters. The minimum absolute atomic E-state index is 0.0695. The van der Waals surface area contributed by atoms with Gasteiger partial charge in [0.05, 0.1) is 23.9 Å². The van der Waals surface area contributed by atoms with Gasteiger partial charge in [-0.3, -0.25) is 9.59 Å². The number of nitrogens with zero attached hydrogens (tertiary/aromatic N) is 5. The Balaban J connectivity index is 2.18. The molecule has 144 valence electrons. The van der Waals surface area contributed by atoms with Crippen LogP contribution in [0.5, 0.6) is 0 Å². The third-order valence-electron chi connectivity index (χ3n) is 6.80. The second-order valence-electron chi connectivity index (χ2n) is 7.79. The molecule has 1 spiro atoms. The number of nitriles is 3. The van der Waals surface area contributed by atoms with Gasteiger partial charge >= 0.3 is 0 Å². The fourth-order valence-electron chi connectivity index (χ4n) is 5.19. The molecule has 0 unspecified atom stereocenters. The number of fused-ring (bicyclic) bond motifs is 2. The van der Waals surface area contributed by atoms with Crippen molar-refractivity contribution >= 4 is 17.5 Å². The highest BCUT2D eigenvalue weighted by Gasteiger charge is 2.66. The molecule has 1 saturated carbocycles. The van der Waals surface area contributed by atoms with Gasteiger partial charge in [0.2, 0.25) is 11.8 Å². The van der Waals surface area contributed by atoms with E-state index in [0.29, 0.717) is 39.0 Å². The quantitative estimate of drug-likeness (QED) is 0.632. The van der Waals surface area contributed by atoms with Crippen molar-refractivity contribution in [3.8, 4) is 18.2 Å². The van der Waals surface area contributed by atoms with Crippen LogP contribution in [0.4, 0.5) is 0 Å². The summed E-state index contributed by atoms with van der Waals surface area (Å²) in [6, 6.07) is 6.29. The van der Waals surface area contributed by atoms with Crippen molar-refractivity contribution in [3.63, 3.8) is 0 Å². The molecule has 1 saturated heterocycles. The van der Waals surface area contributed by atoms with E-state index in [4.69, 9.17) is 5.41 Å². The summed E-state index contributed by atoms with van der Waals surface area (Å²) in [6.07, 6.45) is 2.57. The maximum atomic E-state index is 12.0. The standard InChI is InChI=1S/C20H22N6O2/c1-13(27)25-7-4-19(5-8-25)17-10-26(14(2)28)6-3-15(17)16(9-21)18(24)20(19,11-22)12-23/h3,16-17,24H,4-8,10H2,1-2H3/t16-,17-/m0/s1. The predicted octanol–water partition coefficient (Wildman–Crippen LogP) is 1.23. The van der Waals surface area contributed by atoms with Gasteiger partial charge in [-0.2, -0.15) is 15.8 Å². The second-order valence-corrected chi connectivity index (χ2v) is 7.79. The van der Waals surface area contributed by atoms with Crippen LogP contribution >= 0.6 is 0 Å². The van der Waals surface area contributed by atoms with Gasteiger partial charge in [0, 0.05) is 51.4 Å². The van der Waals surface area contributed by atoms with Crippen molar-refractivity contribution in [1.29, 1.82) is 21.2 Å². The third kappa shape index (κ3) is 2.43. The molecule has 1 aliphatic carbocycles. The summed E-state index contributed by atoms with van der Waals surface area (Å²) in [7, 11) is 0. The van der Waals surface area contributed by atoms with Crippen LogP contribution in [0.2, 0.25) is 0 Å². The molecule has 2 amide bonds. The topological polar surface area (TPSA) is 136 Å². The summed E-state index contributed by atoms with van der Waals surface area (Å²) in [5.41, 5.74) is -2.09. The summed E-state index contributed by atoms with van der Waals surface area (Å²) in [6.45, 7) is 4.39. The van der Waals surface area contributed by atoms with Crippen LogP contribution in [0.15, 0.2) is 11.6 Å². The molecule has 28 heavy (non-hydrogen) atoms. The molecule has 1 N–H and O–H groups in total. The first-order chi connectivity index (χ1) is 13.3. The second kappa shape index (κ2) is 6.77. The molecule has 0 aromatic carbocycles. The van der Waals surface area contributed by atoms with E-state index < -0.39 is 16.7 Å². The fourth-order valence-corrected chi connectivity index (χ4v) is 5.19. The Bertz CT molecular complexity index is 877. The van der Waals surface area contributed by atoms with E-state index in [1.54, 1.807) is 9.80 Å². The number of carbonyl (C=O) groups is 2. The number of rotatable bonds is 0. The zero-order valence-electron chi connectivity index (χ0n) is 16.0. The van der Waals surface area contributed by atoms with Crippen molar-refractivity contribution in [2.45, 2.75) is 26.7 Å². The maximum absolute atomic E-state index is 12.0. The van der Waals surface area contributed by atoms with E-state index in [-0.39, 0.29) is 23.4 Å². The number of hydrogen-bond acceptors (Lipinski definition) is 6. The largest absolute Gasteiger partial charge is 0.343 e. The number of carbonyl (C=O) groups excluding carboxylic acids is 2. The number of hydrogen-bond donors (Lipinski definition) is 1. The number of likely N-dealkylation sites (tertiary alicyclic amines) is 1. The van der Waals surface area contributed by atoms with Crippen LogP contribution < -0.4 is 0 Å². The monoisotopic (exact) mass is 378 g/mol. The van der Waals surface area contributed by atoms with E-state index >= 15 is 0 Å². The normalized spacial score (nSPS) is 27.7. The molecular formula is C20H22N6O2. The smallest absolute Gasteiger partial charge is 0.219 e. The first kappa shape index (κ1) is 19.6. The molecule has 0 bridgehead atoms. The van der Waals surface area contributed by atoms with E-state index in [2.05, 4.69) is 18.2 Å². The van der Waals surface area contributed by atoms with Crippen molar-refractivity contribution in [3.05, 3.63) is 11.6 Å². The van der Waals surface area contributed by atoms with Crippen LogP contribution in [0, 0.1) is 62.1 Å².